The fraction of sp³-hybridized carbons (Fsp3) is 0.571. The van der Waals surface area contributed by atoms with Gasteiger partial charge in [-0.3, -0.25) is 0 Å². The Kier molecular flexibility index (Phi) is 5.66. The van der Waals surface area contributed by atoms with E-state index < -0.39 is 5.54 Å². The third kappa shape index (κ3) is 3.78. The van der Waals surface area contributed by atoms with Crippen LogP contribution in [0.5, 0.6) is 11.5 Å². The summed E-state index contributed by atoms with van der Waals surface area (Å²) in [5, 5.41) is 31.3. The molecule has 1 aliphatic heterocycles. The lowest BCUT2D eigenvalue weighted by molar-refractivity contribution is 0.0413. The first kappa shape index (κ1) is 16.3. The van der Waals surface area contributed by atoms with E-state index in [0.29, 0.717) is 36.3 Å². The monoisotopic (exact) mass is 317 g/mol. The van der Waals surface area contributed by atoms with Crippen LogP contribution in [0.25, 0.3) is 0 Å². The Morgan fingerprint density at radius 2 is 1.76 bits per heavy atom. The minimum atomic E-state index is -1.13. The van der Waals surface area contributed by atoms with Crippen LogP contribution in [-0.2, 0) is 6.54 Å². The van der Waals surface area contributed by atoms with Gasteiger partial charge >= 0.3 is 0 Å². The minimum absolute atomic E-state index is 0.317. The second kappa shape index (κ2) is 7.29. The Balaban J connectivity index is 2.14. The summed E-state index contributed by atoms with van der Waals surface area (Å²) in [6.07, 6.45) is 0.793. The molecule has 0 fully saturated rings. The van der Waals surface area contributed by atoms with E-state index in [1.54, 1.807) is 12.1 Å². The zero-order valence-electron chi connectivity index (χ0n) is 11.6. The fourth-order valence-corrected chi connectivity index (χ4v) is 2.28. The fourth-order valence-electron chi connectivity index (χ4n) is 1.99. The van der Waals surface area contributed by atoms with Crippen molar-refractivity contribution in [3.8, 4) is 11.5 Å². The quantitative estimate of drug-likeness (QED) is 0.603. The molecule has 1 heterocycles. The Hall–Kier alpha value is -1.05. The molecule has 7 heteroatoms. The molecule has 0 amide bonds. The average Bonchev–Trinajstić information content (AvgIpc) is 2.75. The first-order valence-electron chi connectivity index (χ1n) is 6.80. The molecule has 0 saturated heterocycles. The Morgan fingerprint density at radius 3 is 2.43 bits per heavy atom. The van der Waals surface area contributed by atoms with Gasteiger partial charge in [-0.15, -0.1) is 0 Å². The van der Waals surface area contributed by atoms with Crippen molar-refractivity contribution in [1.82, 2.24) is 5.32 Å². The van der Waals surface area contributed by atoms with Crippen LogP contribution in [0.3, 0.4) is 0 Å². The molecule has 0 aromatic heterocycles. The maximum absolute atomic E-state index is 9.29. The highest BCUT2D eigenvalue weighted by Gasteiger charge is 2.27. The van der Waals surface area contributed by atoms with Crippen LogP contribution in [0.1, 0.15) is 12.0 Å². The molecule has 21 heavy (non-hydrogen) atoms. The van der Waals surface area contributed by atoms with Crippen LogP contribution in [-0.4, -0.2) is 53.9 Å². The summed E-state index contributed by atoms with van der Waals surface area (Å²) < 4.78 is 11.1. The number of benzene rings is 1. The van der Waals surface area contributed by atoms with Gasteiger partial charge in [0.05, 0.1) is 43.6 Å². The van der Waals surface area contributed by atoms with Crippen LogP contribution >= 0.6 is 11.6 Å². The van der Waals surface area contributed by atoms with E-state index in [4.69, 9.17) is 21.1 Å². The van der Waals surface area contributed by atoms with Gasteiger partial charge in [-0.1, -0.05) is 11.6 Å². The summed E-state index contributed by atoms with van der Waals surface area (Å²) in [6, 6.07) is 3.54. The van der Waals surface area contributed by atoms with Gasteiger partial charge in [0.25, 0.3) is 0 Å². The zero-order chi connectivity index (χ0) is 15.3. The van der Waals surface area contributed by atoms with Gasteiger partial charge in [0, 0.05) is 13.0 Å². The second-order valence-corrected chi connectivity index (χ2v) is 5.47. The summed E-state index contributed by atoms with van der Waals surface area (Å²) >= 11 is 6.19. The molecule has 1 aliphatic rings. The van der Waals surface area contributed by atoms with Gasteiger partial charge in [0.2, 0.25) is 0 Å². The number of ether oxygens (including phenoxy) is 2. The smallest absolute Gasteiger partial charge is 0.179 e. The molecule has 0 radical (unpaired) electrons. The summed E-state index contributed by atoms with van der Waals surface area (Å²) in [5.41, 5.74) is -0.319. The van der Waals surface area contributed by atoms with Crippen molar-refractivity contribution in [2.75, 3.05) is 33.0 Å². The molecule has 0 spiro atoms. The van der Waals surface area contributed by atoms with Crippen molar-refractivity contribution in [3.63, 3.8) is 0 Å². The van der Waals surface area contributed by atoms with Crippen LogP contribution in [0.15, 0.2) is 12.1 Å². The third-order valence-corrected chi connectivity index (χ3v) is 3.72. The van der Waals surface area contributed by atoms with E-state index >= 15 is 0 Å². The van der Waals surface area contributed by atoms with Crippen molar-refractivity contribution in [3.05, 3.63) is 22.7 Å². The molecule has 2 rings (SSSR count). The summed E-state index contributed by atoms with van der Waals surface area (Å²) in [6.45, 7) is 0.313. The molecular weight excluding hydrogens is 298 g/mol. The van der Waals surface area contributed by atoms with Gasteiger partial charge in [-0.25, -0.2) is 0 Å². The first-order chi connectivity index (χ1) is 10.1. The molecule has 1 aromatic rings. The van der Waals surface area contributed by atoms with Gasteiger partial charge < -0.3 is 30.1 Å². The largest absolute Gasteiger partial charge is 0.489 e. The minimum Gasteiger partial charge on any atom is -0.489 e. The van der Waals surface area contributed by atoms with E-state index in [1.807, 2.05) is 0 Å². The summed E-state index contributed by atoms with van der Waals surface area (Å²) in [7, 11) is 0. The molecular formula is C14H20ClNO5. The normalized spacial score (nSPS) is 14.9. The first-order valence-corrected chi connectivity index (χ1v) is 7.17. The van der Waals surface area contributed by atoms with Gasteiger partial charge in [-0.05, 0) is 17.7 Å². The second-order valence-electron chi connectivity index (χ2n) is 5.06. The number of aliphatic hydroxyl groups excluding tert-OH is 3. The van der Waals surface area contributed by atoms with E-state index in [2.05, 4.69) is 5.32 Å². The maximum Gasteiger partial charge on any atom is 0.179 e. The third-order valence-electron chi connectivity index (χ3n) is 3.44. The highest BCUT2D eigenvalue weighted by Crippen LogP contribution is 2.38. The van der Waals surface area contributed by atoms with Gasteiger partial charge in [0.15, 0.2) is 11.5 Å². The molecule has 4 N–H and O–H groups in total. The highest BCUT2D eigenvalue weighted by atomic mass is 35.5. The van der Waals surface area contributed by atoms with Gasteiger partial charge in [0.1, 0.15) is 0 Å². The van der Waals surface area contributed by atoms with E-state index in [9.17, 15) is 15.3 Å². The topological polar surface area (TPSA) is 91.2 Å². The molecule has 0 saturated carbocycles. The molecule has 0 bridgehead atoms. The molecule has 0 aliphatic carbocycles. The summed E-state index contributed by atoms with van der Waals surface area (Å²) in [5.74, 6) is 1.12. The Bertz CT molecular complexity index is 470. The maximum atomic E-state index is 9.29. The van der Waals surface area contributed by atoms with E-state index in [1.165, 1.54) is 0 Å². The van der Waals surface area contributed by atoms with Crippen molar-refractivity contribution in [2.45, 2.75) is 18.5 Å². The zero-order valence-corrected chi connectivity index (χ0v) is 12.4. The summed E-state index contributed by atoms with van der Waals surface area (Å²) in [4.78, 5) is 0. The highest BCUT2D eigenvalue weighted by molar-refractivity contribution is 6.32. The number of rotatable bonds is 6. The number of hydrogen-bond acceptors (Lipinski definition) is 6. The molecule has 0 atom stereocenters. The van der Waals surface area contributed by atoms with Crippen LogP contribution in [0.2, 0.25) is 5.02 Å². The number of hydrogen-bond donors (Lipinski definition) is 4. The van der Waals surface area contributed by atoms with Crippen molar-refractivity contribution in [2.24, 2.45) is 0 Å². The molecule has 0 unspecified atom stereocenters. The predicted molar refractivity (Wildman–Crippen MR) is 77.9 cm³/mol. The predicted octanol–water partition coefficient (Wildman–Crippen LogP) is 0.307. The molecule has 6 nitrogen and oxygen atoms in total. The Labute approximate surface area is 128 Å². The van der Waals surface area contributed by atoms with Crippen molar-refractivity contribution in [1.29, 1.82) is 0 Å². The number of halogens is 1. The van der Waals surface area contributed by atoms with Crippen LogP contribution < -0.4 is 14.8 Å². The molecule has 118 valence electrons. The van der Waals surface area contributed by atoms with Crippen molar-refractivity contribution >= 4 is 11.6 Å². The average molecular weight is 318 g/mol. The molecule has 1 aromatic carbocycles. The Morgan fingerprint density at radius 1 is 1.10 bits per heavy atom. The lowest BCUT2D eigenvalue weighted by atomic mass is 10.0. The van der Waals surface area contributed by atoms with Crippen LogP contribution in [0.4, 0.5) is 0 Å². The number of nitrogens with one attached hydrogen (secondary N) is 1. The number of aliphatic hydroxyl groups is 3. The lowest BCUT2D eigenvalue weighted by Gasteiger charge is -2.29. The number of fused-ring (bicyclic) bond motifs is 1. The van der Waals surface area contributed by atoms with E-state index in [-0.39, 0.29) is 19.8 Å². The lowest BCUT2D eigenvalue weighted by Crippen LogP contribution is -2.54. The van der Waals surface area contributed by atoms with Crippen molar-refractivity contribution < 1.29 is 24.8 Å². The standard InChI is InChI=1S/C14H20ClNO5/c15-11-4-10(6-16-14(7-17,8-18)9-19)5-12-13(11)21-3-1-2-20-12/h4-5,16-19H,1-3,6-9H2. The van der Waals surface area contributed by atoms with Gasteiger partial charge in [-0.2, -0.15) is 0 Å². The van der Waals surface area contributed by atoms with E-state index in [0.717, 1.165) is 12.0 Å². The van der Waals surface area contributed by atoms with Crippen LogP contribution in [0, 0.1) is 0 Å². The SMILES string of the molecule is OCC(CO)(CO)NCc1cc(Cl)c2c(c1)OCCCO2.